The first kappa shape index (κ1) is 9.29. The molecule has 0 bridgehead atoms. The van der Waals surface area contributed by atoms with Crippen LogP contribution in [0, 0.1) is 0 Å². The Morgan fingerprint density at radius 2 is 2.42 bits per heavy atom. The van der Waals surface area contributed by atoms with Crippen molar-refractivity contribution in [3.8, 4) is 0 Å². The highest BCUT2D eigenvalue weighted by Crippen LogP contribution is 2.25. The third kappa shape index (κ3) is 1.68. The zero-order chi connectivity index (χ0) is 9.03. The molecule has 1 aromatic rings. The van der Waals surface area contributed by atoms with Gasteiger partial charge in [0.15, 0.2) is 0 Å². The molecule has 0 fully saturated rings. The van der Waals surface area contributed by atoms with Crippen LogP contribution in [-0.2, 0) is 5.60 Å². The first-order valence-electron chi connectivity index (χ1n) is 4.19. The largest absolute Gasteiger partial charge is 0.466 e. The Hall–Kier alpha value is -0.800. The van der Waals surface area contributed by atoms with Gasteiger partial charge in [-0.05, 0) is 18.6 Å². The first-order valence-corrected chi connectivity index (χ1v) is 4.19. The number of rotatable bonds is 4. The maximum Gasteiger partial charge on any atom is 0.136 e. The van der Waals surface area contributed by atoms with Gasteiger partial charge in [0.25, 0.3) is 0 Å². The summed E-state index contributed by atoms with van der Waals surface area (Å²) in [6.07, 6.45) is 3.07. The van der Waals surface area contributed by atoms with E-state index < -0.39 is 5.60 Å². The molecule has 12 heavy (non-hydrogen) atoms. The van der Waals surface area contributed by atoms with Crippen LogP contribution in [0.3, 0.4) is 0 Å². The van der Waals surface area contributed by atoms with Crippen LogP contribution in [-0.4, -0.2) is 11.7 Å². The molecule has 0 aliphatic carbocycles. The monoisotopic (exact) mass is 169 g/mol. The van der Waals surface area contributed by atoms with Crippen LogP contribution in [0.2, 0.25) is 0 Å². The van der Waals surface area contributed by atoms with Crippen LogP contribution in [0.5, 0.6) is 0 Å². The second kappa shape index (κ2) is 3.74. The first-order chi connectivity index (χ1) is 5.73. The van der Waals surface area contributed by atoms with Crippen LogP contribution < -0.4 is 5.73 Å². The number of hydrogen-bond donors (Lipinski definition) is 2. The highest BCUT2D eigenvalue weighted by molar-refractivity contribution is 5.09. The van der Waals surface area contributed by atoms with Crippen LogP contribution in [0.25, 0.3) is 0 Å². The molecular formula is C9H15NO2. The minimum absolute atomic E-state index is 0.203. The van der Waals surface area contributed by atoms with Crippen molar-refractivity contribution in [3.05, 3.63) is 24.2 Å². The molecule has 1 unspecified atom stereocenters. The van der Waals surface area contributed by atoms with E-state index in [1.165, 1.54) is 0 Å². The van der Waals surface area contributed by atoms with Crippen molar-refractivity contribution in [1.82, 2.24) is 0 Å². The third-order valence-electron chi connectivity index (χ3n) is 1.98. The molecule has 3 heteroatoms. The Bertz CT molecular complexity index is 220. The third-order valence-corrected chi connectivity index (χ3v) is 1.98. The Balaban J connectivity index is 2.80. The Kier molecular flexibility index (Phi) is 2.89. The second-order valence-corrected chi connectivity index (χ2v) is 2.96. The minimum atomic E-state index is -0.974. The van der Waals surface area contributed by atoms with Crippen LogP contribution in [0.4, 0.5) is 0 Å². The highest BCUT2D eigenvalue weighted by atomic mass is 16.4. The van der Waals surface area contributed by atoms with Crippen LogP contribution >= 0.6 is 0 Å². The van der Waals surface area contributed by atoms with Gasteiger partial charge in [0.2, 0.25) is 0 Å². The van der Waals surface area contributed by atoms with Gasteiger partial charge in [0.1, 0.15) is 11.4 Å². The van der Waals surface area contributed by atoms with Crippen LogP contribution in [0.15, 0.2) is 22.8 Å². The summed E-state index contributed by atoms with van der Waals surface area (Å²) in [5, 5.41) is 9.96. The molecule has 3 nitrogen and oxygen atoms in total. The molecule has 0 saturated heterocycles. The summed E-state index contributed by atoms with van der Waals surface area (Å²) in [5.74, 6) is 0.562. The minimum Gasteiger partial charge on any atom is -0.466 e. The highest BCUT2D eigenvalue weighted by Gasteiger charge is 2.29. The topological polar surface area (TPSA) is 59.4 Å². The van der Waals surface area contributed by atoms with Crippen molar-refractivity contribution in [2.24, 2.45) is 5.73 Å². The molecule has 1 heterocycles. The van der Waals surface area contributed by atoms with Gasteiger partial charge in [-0.3, -0.25) is 0 Å². The molecule has 0 radical (unpaired) electrons. The summed E-state index contributed by atoms with van der Waals surface area (Å²) < 4.78 is 5.11. The molecule has 0 saturated carbocycles. The molecule has 1 atom stereocenters. The lowest BCUT2D eigenvalue weighted by Gasteiger charge is -2.23. The quantitative estimate of drug-likeness (QED) is 0.712. The van der Waals surface area contributed by atoms with Gasteiger partial charge in [0.05, 0.1) is 6.26 Å². The average Bonchev–Trinajstić information content (AvgIpc) is 2.57. The predicted octanol–water partition coefficient (Wildman–Crippen LogP) is 1.23. The summed E-state index contributed by atoms with van der Waals surface area (Å²) in [5.41, 5.74) is 4.50. The number of aliphatic hydroxyl groups is 1. The van der Waals surface area contributed by atoms with Crippen LogP contribution in [0.1, 0.15) is 25.5 Å². The molecule has 0 aliphatic heterocycles. The van der Waals surface area contributed by atoms with E-state index in [4.69, 9.17) is 10.2 Å². The van der Waals surface area contributed by atoms with Crippen molar-refractivity contribution in [1.29, 1.82) is 0 Å². The molecule has 0 amide bonds. The van der Waals surface area contributed by atoms with E-state index in [1.54, 1.807) is 18.4 Å². The fourth-order valence-electron chi connectivity index (χ4n) is 1.28. The van der Waals surface area contributed by atoms with Crippen molar-refractivity contribution >= 4 is 0 Å². The molecule has 0 spiro atoms. The number of hydrogen-bond acceptors (Lipinski definition) is 3. The van der Waals surface area contributed by atoms with E-state index >= 15 is 0 Å². The summed E-state index contributed by atoms with van der Waals surface area (Å²) in [6.45, 7) is 2.21. The lowest BCUT2D eigenvalue weighted by Crippen LogP contribution is -2.34. The van der Waals surface area contributed by atoms with Gasteiger partial charge in [-0.25, -0.2) is 0 Å². The standard InChI is InChI=1S/C9H15NO2/c1-2-5-9(11,7-10)8-4-3-6-12-8/h3-4,6,11H,2,5,7,10H2,1H3. The van der Waals surface area contributed by atoms with Crippen molar-refractivity contribution in [2.75, 3.05) is 6.54 Å². The van der Waals surface area contributed by atoms with E-state index in [0.717, 1.165) is 6.42 Å². The smallest absolute Gasteiger partial charge is 0.136 e. The summed E-state index contributed by atoms with van der Waals surface area (Å²) in [4.78, 5) is 0. The molecule has 0 aromatic carbocycles. The normalized spacial score (nSPS) is 15.9. The SMILES string of the molecule is CCCC(O)(CN)c1ccco1. The zero-order valence-electron chi connectivity index (χ0n) is 7.29. The Morgan fingerprint density at radius 3 is 2.83 bits per heavy atom. The van der Waals surface area contributed by atoms with E-state index in [1.807, 2.05) is 6.92 Å². The Labute approximate surface area is 72.2 Å². The van der Waals surface area contributed by atoms with E-state index in [9.17, 15) is 5.11 Å². The van der Waals surface area contributed by atoms with Gasteiger partial charge in [-0.15, -0.1) is 0 Å². The number of furan rings is 1. The molecular weight excluding hydrogens is 154 g/mol. The second-order valence-electron chi connectivity index (χ2n) is 2.96. The molecule has 1 aromatic heterocycles. The van der Waals surface area contributed by atoms with E-state index in [0.29, 0.717) is 12.2 Å². The Morgan fingerprint density at radius 1 is 1.67 bits per heavy atom. The zero-order valence-corrected chi connectivity index (χ0v) is 7.29. The van der Waals surface area contributed by atoms with E-state index in [2.05, 4.69) is 0 Å². The molecule has 0 aliphatic rings. The van der Waals surface area contributed by atoms with Gasteiger partial charge < -0.3 is 15.3 Å². The van der Waals surface area contributed by atoms with Gasteiger partial charge in [-0.1, -0.05) is 13.3 Å². The van der Waals surface area contributed by atoms with Gasteiger partial charge >= 0.3 is 0 Å². The van der Waals surface area contributed by atoms with Crippen molar-refractivity contribution in [2.45, 2.75) is 25.4 Å². The molecule has 1 rings (SSSR count). The van der Waals surface area contributed by atoms with Crippen molar-refractivity contribution in [3.63, 3.8) is 0 Å². The number of nitrogens with two attached hydrogens (primary N) is 1. The lowest BCUT2D eigenvalue weighted by atomic mass is 9.95. The van der Waals surface area contributed by atoms with Gasteiger partial charge in [-0.2, -0.15) is 0 Å². The maximum absolute atomic E-state index is 9.96. The van der Waals surface area contributed by atoms with Crippen molar-refractivity contribution < 1.29 is 9.52 Å². The summed E-state index contributed by atoms with van der Waals surface area (Å²) in [6, 6.07) is 3.51. The maximum atomic E-state index is 9.96. The average molecular weight is 169 g/mol. The summed E-state index contributed by atoms with van der Waals surface area (Å²) >= 11 is 0. The fourth-order valence-corrected chi connectivity index (χ4v) is 1.28. The summed E-state index contributed by atoms with van der Waals surface area (Å²) in [7, 11) is 0. The fraction of sp³-hybridized carbons (Fsp3) is 0.556. The van der Waals surface area contributed by atoms with E-state index in [-0.39, 0.29) is 6.54 Å². The predicted molar refractivity (Wildman–Crippen MR) is 46.6 cm³/mol. The molecule has 68 valence electrons. The molecule has 3 N–H and O–H groups in total. The van der Waals surface area contributed by atoms with Gasteiger partial charge in [0, 0.05) is 6.54 Å². The lowest BCUT2D eigenvalue weighted by molar-refractivity contribution is 0.0143.